The number of amides is 1. The van der Waals surface area contributed by atoms with Gasteiger partial charge in [-0.3, -0.25) is 9.10 Å². The smallest absolute Gasteiger partial charge is 0.265 e. The van der Waals surface area contributed by atoms with Gasteiger partial charge in [-0.15, -0.1) is 0 Å². The number of benzene rings is 3. The molecule has 0 spiro atoms. The molecule has 0 saturated carbocycles. The lowest BCUT2D eigenvalue weighted by molar-refractivity contribution is -0.114. The number of hydrogen-bond donors (Lipinski definition) is 1. The van der Waals surface area contributed by atoms with E-state index in [9.17, 15) is 13.2 Å². The predicted octanol–water partition coefficient (Wildman–Crippen LogP) is 4.16. The Morgan fingerprint density at radius 3 is 2.15 bits per heavy atom. The van der Waals surface area contributed by atoms with Crippen LogP contribution in [0.1, 0.15) is 11.1 Å². The number of rotatable bonds is 9. The second kappa shape index (κ2) is 10.5. The van der Waals surface area contributed by atoms with Crippen molar-refractivity contribution < 1.29 is 27.4 Å². The molecular formula is C25H28N2O6S. The van der Waals surface area contributed by atoms with Gasteiger partial charge in [-0.25, -0.2) is 8.42 Å². The number of sulfonamides is 1. The standard InChI is InChI=1S/C25H28N2O6S/c1-17-6-7-18(2)24(14-17)34(29,30)27(20-9-11-21(31-3)12-10-20)16-25(28)26-19-8-13-22(32-4)23(15-19)33-5/h6-15H,16H2,1-5H3,(H,26,28). The number of nitrogens with zero attached hydrogens (tertiary/aromatic N) is 1. The average Bonchev–Trinajstić information content (AvgIpc) is 2.83. The van der Waals surface area contributed by atoms with Crippen LogP contribution >= 0.6 is 0 Å². The van der Waals surface area contributed by atoms with Crippen LogP contribution in [0.5, 0.6) is 17.2 Å². The van der Waals surface area contributed by atoms with Crippen LogP contribution in [-0.4, -0.2) is 42.2 Å². The number of carbonyl (C=O) groups is 1. The molecule has 0 aliphatic heterocycles. The summed E-state index contributed by atoms with van der Waals surface area (Å²) in [5.74, 6) is 1.01. The Labute approximate surface area is 200 Å². The minimum atomic E-state index is -4.05. The van der Waals surface area contributed by atoms with Crippen LogP contribution in [0, 0.1) is 13.8 Å². The van der Waals surface area contributed by atoms with Crippen molar-refractivity contribution in [1.82, 2.24) is 0 Å². The van der Waals surface area contributed by atoms with Crippen molar-refractivity contribution in [3.63, 3.8) is 0 Å². The van der Waals surface area contributed by atoms with E-state index >= 15 is 0 Å². The summed E-state index contributed by atoms with van der Waals surface area (Å²) >= 11 is 0. The van der Waals surface area contributed by atoms with Crippen molar-refractivity contribution in [3.05, 3.63) is 71.8 Å². The van der Waals surface area contributed by atoms with Gasteiger partial charge in [0, 0.05) is 11.8 Å². The zero-order chi connectivity index (χ0) is 24.9. The number of hydrogen-bond acceptors (Lipinski definition) is 6. The number of methoxy groups -OCH3 is 3. The first-order valence-electron chi connectivity index (χ1n) is 10.5. The van der Waals surface area contributed by atoms with Gasteiger partial charge in [-0.2, -0.15) is 0 Å². The van der Waals surface area contributed by atoms with Gasteiger partial charge in [0.05, 0.1) is 31.9 Å². The van der Waals surface area contributed by atoms with Gasteiger partial charge >= 0.3 is 0 Å². The second-order valence-corrected chi connectivity index (χ2v) is 9.43. The quantitative estimate of drug-likeness (QED) is 0.490. The molecule has 0 unspecified atom stereocenters. The Kier molecular flexibility index (Phi) is 7.68. The molecular weight excluding hydrogens is 456 g/mol. The molecule has 1 amide bonds. The van der Waals surface area contributed by atoms with E-state index in [-0.39, 0.29) is 4.90 Å². The molecule has 180 valence electrons. The van der Waals surface area contributed by atoms with E-state index in [1.807, 2.05) is 13.0 Å². The Morgan fingerprint density at radius 2 is 1.53 bits per heavy atom. The first-order valence-corrected chi connectivity index (χ1v) is 11.9. The van der Waals surface area contributed by atoms with E-state index in [1.165, 1.54) is 21.3 Å². The summed E-state index contributed by atoms with van der Waals surface area (Å²) in [7, 11) is 0.480. The topological polar surface area (TPSA) is 94.2 Å². The van der Waals surface area contributed by atoms with Gasteiger partial charge in [0.2, 0.25) is 5.91 Å². The summed E-state index contributed by atoms with van der Waals surface area (Å²) in [5.41, 5.74) is 2.17. The molecule has 0 aliphatic carbocycles. The number of aryl methyl sites for hydroxylation is 2. The van der Waals surface area contributed by atoms with Gasteiger partial charge in [-0.05, 0) is 67.4 Å². The number of anilines is 2. The van der Waals surface area contributed by atoms with E-state index in [2.05, 4.69) is 5.32 Å². The Balaban J connectivity index is 1.97. The molecule has 1 N–H and O–H groups in total. The largest absolute Gasteiger partial charge is 0.497 e. The first-order chi connectivity index (χ1) is 16.2. The van der Waals surface area contributed by atoms with E-state index < -0.39 is 22.5 Å². The summed E-state index contributed by atoms with van der Waals surface area (Å²) < 4.78 is 44.2. The molecule has 3 aromatic rings. The maximum atomic E-state index is 13.7. The van der Waals surface area contributed by atoms with E-state index in [0.717, 1.165) is 9.87 Å². The molecule has 0 aromatic heterocycles. The van der Waals surface area contributed by atoms with Crippen molar-refractivity contribution >= 4 is 27.3 Å². The zero-order valence-electron chi connectivity index (χ0n) is 19.8. The zero-order valence-corrected chi connectivity index (χ0v) is 20.6. The van der Waals surface area contributed by atoms with Gasteiger partial charge in [0.1, 0.15) is 12.3 Å². The van der Waals surface area contributed by atoms with Crippen molar-refractivity contribution in [1.29, 1.82) is 0 Å². The maximum Gasteiger partial charge on any atom is 0.265 e. The minimum absolute atomic E-state index is 0.141. The van der Waals surface area contributed by atoms with Crippen molar-refractivity contribution in [3.8, 4) is 17.2 Å². The normalized spacial score (nSPS) is 11.0. The minimum Gasteiger partial charge on any atom is -0.497 e. The monoisotopic (exact) mass is 484 g/mol. The van der Waals surface area contributed by atoms with Crippen LogP contribution in [0.3, 0.4) is 0 Å². The molecule has 8 nitrogen and oxygen atoms in total. The van der Waals surface area contributed by atoms with Crippen LogP contribution < -0.4 is 23.8 Å². The molecule has 0 radical (unpaired) electrons. The summed E-state index contributed by atoms with van der Waals surface area (Å²) in [4.78, 5) is 13.1. The SMILES string of the molecule is COc1ccc(N(CC(=O)Nc2ccc(OC)c(OC)c2)S(=O)(=O)c2cc(C)ccc2C)cc1. The average molecular weight is 485 g/mol. The third-order valence-electron chi connectivity index (χ3n) is 5.23. The molecule has 0 aliphatic rings. The molecule has 0 bridgehead atoms. The molecule has 9 heteroatoms. The fraction of sp³-hybridized carbons (Fsp3) is 0.240. The maximum absolute atomic E-state index is 13.7. The fourth-order valence-corrected chi connectivity index (χ4v) is 5.15. The van der Waals surface area contributed by atoms with Crippen LogP contribution in [0.4, 0.5) is 11.4 Å². The van der Waals surface area contributed by atoms with Gasteiger partial charge in [-0.1, -0.05) is 12.1 Å². The molecule has 0 saturated heterocycles. The van der Waals surface area contributed by atoms with Crippen molar-refractivity contribution in [2.45, 2.75) is 18.7 Å². The molecule has 0 heterocycles. The van der Waals surface area contributed by atoms with Crippen LogP contribution in [0.2, 0.25) is 0 Å². The number of nitrogens with one attached hydrogen (secondary N) is 1. The van der Waals surface area contributed by atoms with Gasteiger partial charge in [0.15, 0.2) is 11.5 Å². The summed E-state index contributed by atoms with van der Waals surface area (Å²) in [5, 5.41) is 2.73. The highest BCUT2D eigenvalue weighted by Gasteiger charge is 2.29. The Hall–Kier alpha value is -3.72. The lowest BCUT2D eigenvalue weighted by Crippen LogP contribution is -2.38. The van der Waals surface area contributed by atoms with Crippen LogP contribution in [0.15, 0.2) is 65.6 Å². The van der Waals surface area contributed by atoms with Crippen LogP contribution in [-0.2, 0) is 14.8 Å². The fourth-order valence-electron chi connectivity index (χ4n) is 3.41. The highest BCUT2D eigenvalue weighted by Crippen LogP contribution is 2.31. The van der Waals surface area contributed by atoms with Gasteiger partial charge < -0.3 is 19.5 Å². The molecule has 0 atom stereocenters. The van der Waals surface area contributed by atoms with E-state index in [1.54, 1.807) is 61.5 Å². The summed E-state index contributed by atoms with van der Waals surface area (Å²) in [6.07, 6.45) is 0. The number of carbonyl (C=O) groups excluding carboxylic acids is 1. The van der Waals surface area contributed by atoms with Crippen molar-refractivity contribution in [2.75, 3.05) is 37.5 Å². The highest BCUT2D eigenvalue weighted by atomic mass is 32.2. The highest BCUT2D eigenvalue weighted by molar-refractivity contribution is 7.93. The van der Waals surface area contributed by atoms with Crippen molar-refractivity contribution in [2.24, 2.45) is 0 Å². The molecule has 0 fully saturated rings. The predicted molar refractivity (Wildman–Crippen MR) is 132 cm³/mol. The summed E-state index contributed by atoms with van der Waals surface area (Å²) in [6, 6.07) is 16.6. The number of ether oxygens (including phenoxy) is 3. The molecule has 3 rings (SSSR count). The van der Waals surface area contributed by atoms with E-state index in [0.29, 0.717) is 34.2 Å². The lowest BCUT2D eigenvalue weighted by atomic mass is 10.2. The summed E-state index contributed by atoms with van der Waals surface area (Å²) in [6.45, 7) is 3.11. The van der Waals surface area contributed by atoms with Gasteiger partial charge in [0.25, 0.3) is 10.0 Å². The van der Waals surface area contributed by atoms with E-state index in [4.69, 9.17) is 14.2 Å². The Bertz CT molecular complexity index is 1270. The third-order valence-corrected chi connectivity index (χ3v) is 7.14. The van der Waals surface area contributed by atoms with Crippen LogP contribution in [0.25, 0.3) is 0 Å². The third kappa shape index (κ3) is 5.43. The second-order valence-electron chi connectivity index (χ2n) is 7.60. The molecule has 34 heavy (non-hydrogen) atoms. The first kappa shape index (κ1) is 24.9. The Morgan fingerprint density at radius 1 is 0.853 bits per heavy atom. The lowest BCUT2D eigenvalue weighted by Gasteiger charge is -2.25. The molecule has 3 aromatic carbocycles.